The standard InChI is InChI=1S/C22H25F2N3O3S/c1-31(29,30)26-14-5-4-11-27(12-9-14)22(28)17-13-16(17)21-15(6-3-10-25-21)20-18(23)7-2-8-19(20)24/h2-3,6-8,10,14,16-17,26H,4-5,9,11-13H2,1H3/t14-,16-,17-/m1/s1. The monoisotopic (exact) mass is 449 g/mol. The molecular formula is C22H25F2N3O3S. The number of halogens is 2. The number of hydrogen-bond acceptors (Lipinski definition) is 4. The molecule has 1 aliphatic carbocycles. The Hall–Kier alpha value is -2.39. The number of nitrogens with zero attached hydrogens (tertiary/aromatic N) is 2. The number of nitrogens with one attached hydrogen (secondary N) is 1. The summed E-state index contributed by atoms with van der Waals surface area (Å²) in [7, 11) is -3.29. The summed E-state index contributed by atoms with van der Waals surface area (Å²) < 4.78 is 54.3. The fraction of sp³-hybridized carbons (Fsp3) is 0.455. The number of sulfonamides is 1. The Morgan fingerprint density at radius 2 is 1.87 bits per heavy atom. The molecule has 2 aromatic rings. The summed E-state index contributed by atoms with van der Waals surface area (Å²) in [5.74, 6) is -1.78. The molecule has 1 aromatic heterocycles. The fourth-order valence-electron chi connectivity index (χ4n) is 4.42. The van der Waals surface area contributed by atoms with Gasteiger partial charge in [-0.15, -0.1) is 0 Å². The van der Waals surface area contributed by atoms with Crippen LogP contribution in [0.3, 0.4) is 0 Å². The van der Waals surface area contributed by atoms with Gasteiger partial charge in [0.05, 0.1) is 17.5 Å². The lowest BCUT2D eigenvalue weighted by atomic mass is 9.99. The number of carbonyl (C=O) groups excluding carboxylic acids is 1. The summed E-state index contributed by atoms with van der Waals surface area (Å²) >= 11 is 0. The summed E-state index contributed by atoms with van der Waals surface area (Å²) in [6, 6.07) is 6.84. The molecule has 2 fully saturated rings. The zero-order valence-electron chi connectivity index (χ0n) is 17.2. The topological polar surface area (TPSA) is 79.4 Å². The van der Waals surface area contributed by atoms with E-state index in [1.54, 1.807) is 23.2 Å². The summed E-state index contributed by atoms with van der Waals surface area (Å²) in [5, 5.41) is 0. The Morgan fingerprint density at radius 3 is 2.58 bits per heavy atom. The summed E-state index contributed by atoms with van der Waals surface area (Å²) in [6.45, 7) is 1.05. The first-order valence-electron chi connectivity index (χ1n) is 10.4. The molecule has 1 N–H and O–H groups in total. The van der Waals surface area contributed by atoms with Crippen LogP contribution in [0.15, 0.2) is 36.5 Å². The van der Waals surface area contributed by atoms with Gasteiger partial charge in [-0.05, 0) is 43.9 Å². The predicted octanol–water partition coefficient (Wildman–Crippen LogP) is 3.06. The summed E-state index contributed by atoms with van der Waals surface area (Å²) in [6.07, 6.45) is 5.25. The van der Waals surface area contributed by atoms with Crippen molar-refractivity contribution in [2.24, 2.45) is 5.92 Å². The minimum absolute atomic E-state index is 0.00406. The molecule has 9 heteroatoms. The third-order valence-corrected chi connectivity index (χ3v) is 6.71. The smallest absolute Gasteiger partial charge is 0.226 e. The second kappa shape index (κ2) is 8.63. The first-order chi connectivity index (χ1) is 14.7. The fourth-order valence-corrected chi connectivity index (χ4v) is 5.26. The van der Waals surface area contributed by atoms with Crippen molar-refractivity contribution in [3.05, 3.63) is 53.9 Å². The van der Waals surface area contributed by atoms with Crippen LogP contribution >= 0.6 is 0 Å². The van der Waals surface area contributed by atoms with Crippen LogP contribution in [0.2, 0.25) is 0 Å². The van der Waals surface area contributed by atoms with E-state index in [2.05, 4.69) is 9.71 Å². The van der Waals surface area contributed by atoms with Crippen LogP contribution in [0, 0.1) is 17.6 Å². The van der Waals surface area contributed by atoms with Crippen molar-refractivity contribution < 1.29 is 22.0 Å². The molecular weight excluding hydrogens is 424 g/mol. The predicted molar refractivity (Wildman–Crippen MR) is 113 cm³/mol. The van der Waals surface area contributed by atoms with Gasteiger partial charge in [0.15, 0.2) is 0 Å². The van der Waals surface area contributed by atoms with Gasteiger partial charge in [-0.2, -0.15) is 0 Å². The zero-order valence-corrected chi connectivity index (χ0v) is 18.0. The molecule has 1 saturated heterocycles. The average Bonchev–Trinajstić information content (AvgIpc) is 3.51. The third-order valence-electron chi connectivity index (χ3n) is 5.95. The van der Waals surface area contributed by atoms with Crippen molar-refractivity contribution in [2.45, 2.75) is 37.6 Å². The Balaban J connectivity index is 1.48. The van der Waals surface area contributed by atoms with Gasteiger partial charge in [-0.1, -0.05) is 12.1 Å². The van der Waals surface area contributed by atoms with Crippen molar-refractivity contribution in [3.8, 4) is 11.1 Å². The van der Waals surface area contributed by atoms with Crippen molar-refractivity contribution >= 4 is 15.9 Å². The molecule has 0 radical (unpaired) electrons. The van der Waals surface area contributed by atoms with Crippen LogP contribution in [0.5, 0.6) is 0 Å². The molecule has 1 aromatic carbocycles. The van der Waals surface area contributed by atoms with Crippen LogP contribution in [0.25, 0.3) is 11.1 Å². The Morgan fingerprint density at radius 1 is 1.13 bits per heavy atom. The number of hydrogen-bond donors (Lipinski definition) is 1. The van der Waals surface area contributed by atoms with Gasteiger partial charge < -0.3 is 4.90 Å². The largest absolute Gasteiger partial charge is 0.342 e. The molecule has 4 rings (SSSR count). The highest BCUT2D eigenvalue weighted by atomic mass is 32.2. The third kappa shape index (κ3) is 4.93. The van der Waals surface area contributed by atoms with E-state index in [1.807, 2.05) is 0 Å². The molecule has 0 unspecified atom stereocenters. The van der Waals surface area contributed by atoms with Gasteiger partial charge in [0.25, 0.3) is 0 Å². The molecule has 0 bridgehead atoms. The van der Waals surface area contributed by atoms with E-state index < -0.39 is 21.7 Å². The minimum Gasteiger partial charge on any atom is -0.342 e. The summed E-state index contributed by atoms with van der Waals surface area (Å²) in [4.78, 5) is 19.2. The van der Waals surface area contributed by atoms with Gasteiger partial charge in [-0.3, -0.25) is 9.78 Å². The van der Waals surface area contributed by atoms with Gasteiger partial charge in [0.1, 0.15) is 11.6 Å². The number of aromatic nitrogens is 1. The van der Waals surface area contributed by atoms with Crippen LogP contribution in [0.1, 0.15) is 37.3 Å². The van der Waals surface area contributed by atoms with Crippen molar-refractivity contribution in [1.82, 2.24) is 14.6 Å². The van der Waals surface area contributed by atoms with E-state index in [0.717, 1.165) is 6.26 Å². The number of amides is 1. The molecule has 2 aliphatic rings. The molecule has 6 nitrogen and oxygen atoms in total. The molecule has 0 spiro atoms. The van der Waals surface area contributed by atoms with E-state index >= 15 is 0 Å². The van der Waals surface area contributed by atoms with Crippen molar-refractivity contribution in [3.63, 3.8) is 0 Å². The lowest BCUT2D eigenvalue weighted by molar-refractivity contribution is -0.132. The minimum atomic E-state index is -3.29. The second-order valence-corrected chi connectivity index (χ2v) is 10.1. The van der Waals surface area contributed by atoms with E-state index in [-0.39, 0.29) is 29.3 Å². The Labute approximate surface area is 180 Å². The molecule has 1 saturated carbocycles. The normalized spacial score (nSPS) is 24.0. The number of rotatable bonds is 5. The van der Waals surface area contributed by atoms with Crippen LogP contribution in [0.4, 0.5) is 8.78 Å². The first kappa shape index (κ1) is 21.8. The molecule has 166 valence electrons. The molecule has 3 atom stereocenters. The van der Waals surface area contributed by atoms with Crippen LogP contribution in [-0.4, -0.2) is 49.6 Å². The highest BCUT2D eigenvalue weighted by molar-refractivity contribution is 7.88. The van der Waals surface area contributed by atoms with Gasteiger partial charge in [0, 0.05) is 42.7 Å². The van der Waals surface area contributed by atoms with Crippen LogP contribution < -0.4 is 4.72 Å². The highest BCUT2D eigenvalue weighted by Crippen LogP contribution is 2.50. The van der Waals surface area contributed by atoms with Gasteiger partial charge in [0.2, 0.25) is 15.9 Å². The second-order valence-electron chi connectivity index (χ2n) is 8.32. The number of likely N-dealkylation sites (tertiary alicyclic amines) is 1. The summed E-state index contributed by atoms with van der Waals surface area (Å²) in [5.41, 5.74) is 0.802. The maximum Gasteiger partial charge on any atom is 0.226 e. The quantitative estimate of drug-likeness (QED) is 0.761. The van der Waals surface area contributed by atoms with Crippen molar-refractivity contribution in [1.29, 1.82) is 0 Å². The van der Waals surface area contributed by atoms with E-state index in [9.17, 15) is 22.0 Å². The van der Waals surface area contributed by atoms with Gasteiger partial charge in [-0.25, -0.2) is 21.9 Å². The SMILES string of the molecule is CS(=O)(=O)N[C@@H]1CCCN(C(=O)[C@@H]2C[C@H]2c2ncccc2-c2c(F)cccc2F)CC1. The van der Waals surface area contributed by atoms with Crippen LogP contribution in [-0.2, 0) is 14.8 Å². The average molecular weight is 450 g/mol. The molecule has 1 amide bonds. The van der Waals surface area contributed by atoms with E-state index in [0.29, 0.717) is 50.0 Å². The molecule has 2 heterocycles. The lowest BCUT2D eigenvalue weighted by Gasteiger charge is -2.21. The van der Waals surface area contributed by atoms with E-state index in [1.165, 1.54) is 18.2 Å². The lowest BCUT2D eigenvalue weighted by Crippen LogP contribution is -2.36. The maximum absolute atomic E-state index is 14.4. The Kier molecular flexibility index (Phi) is 6.07. The van der Waals surface area contributed by atoms with Gasteiger partial charge >= 0.3 is 0 Å². The molecule has 31 heavy (non-hydrogen) atoms. The van der Waals surface area contributed by atoms with E-state index in [4.69, 9.17) is 0 Å². The maximum atomic E-state index is 14.4. The number of benzene rings is 1. The first-order valence-corrected chi connectivity index (χ1v) is 12.3. The number of pyridine rings is 1. The highest BCUT2D eigenvalue weighted by Gasteiger charge is 2.48. The van der Waals surface area contributed by atoms with Crippen molar-refractivity contribution in [2.75, 3.05) is 19.3 Å². The Bertz CT molecular complexity index is 1070. The molecule has 1 aliphatic heterocycles. The zero-order chi connectivity index (χ0) is 22.2. The number of carbonyl (C=O) groups is 1.